The predicted molar refractivity (Wildman–Crippen MR) is 125 cm³/mol. The molecule has 4 rings (SSSR count). The van der Waals surface area contributed by atoms with Crippen LogP contribution < -0.4 is 5.32 Å². The maximum Gasteiger partial charge on any atom is 0.433 e. The second-order valence-electron chi connectivity index (χ2n) is 8.16. The molecule has 6 nitrogen and oxygen atoms in total. The van der Waals surface area contributed by atoms with Crippen LogP contribution in [-0.2, 0) is 23.1 Å². The topological polar surface area (TPSA) is 70.4 Å². The summed E-state index contributed by atoms with van der Waals surface area (Å²) in [6, 6.07) is 6.55. The number of nitrogens with zero attached hydrogens (tertiary/aromatic N) is 3. The molecular weight excluding hydrogens is 511 g/mol. The van der Waals surface area contributed by atoms with Crippen molar-refractivity contribution in [3.05, 3.63) is 70.1 Å². The van der Waals surface area contributed by atoms with Gasteiger partial charge in [0.2, 0.25) is 5.91 Å². The van der Waals surface area contributed by atoms with Gasteiger partial charge in [-0.2, -0.15) is 18.3 Å². The van der Waals surface area contributed by atoms with Gasteiger partial charge < -0.3 is 15.3 Å². The molecule has 0 spiro atoms. The molecular formula is C23H20Cl2F4N4O2. The fourth-order valence-electron chi connectivity index (χ4n) is 4.50. The number of carbonyl (C=O) groups is 1. The van der Waals surface area contributed by atoms with Crippen molar-refractivity contribution in [2.45, 2.75) is 24.7 Å². The molecule has 0 radical (unpaired) electrons. The number of aliphatic hydroxyl groups is 1. The van der Waals surface area contributed by atoms with Crippen LogP contribution in [0.5, 0.6) is 0 Å². The van der Waals surface area contributed by atoms with Crippen molar-refractivity contribution in [3.63, 3.8) is 0 Å². The molecule has 1 amide bonds. The van der Waals surface area contributed by atoms with Crippen molar-refractivity contribution in [2.75, 3.05) is 25.0 Å². The van der Waals surface area contributed by atoms with Gasteiger partial charge in [0.15, 0.2) is 0 Å². The van der Waals surface area contributed by atoms with Crippen LogP contribution in [0, 0.1) is 5.82 Å². The average molecular weight is 531 g/mol. The minimum atomic E-state index is -4.69. The third-order valence-corrected chi connectivity index (χ3v) is 6.79. The van der Waals surface area contributed by atoms with Crippen molar-refractivity contribution < 1.29 is 27.5 Å². The Morgan fingerprint density at radius 1 is 1.29 bits per heavy atom. The van der Waals surface area contributed by atoms with Crippen molar-refractivity contribution >= 4 is 45.7 Å². The van der Waals surface area contributed by atoms with Gasteiger partial charge in [-0.05, 0) is 42.8 Å². The summed E-state index contributed by atoms with van der Waals surface area (Å²) in [4.78, 5) is 13.7. The number of hydrogen-bond donors (Lipinski definition) is 2. The molecule has 35 heavy (non-hydrogen) atoms. The van der Waals surface area contributed by atoms with E-state index in [0.717, 1.165) is 6.08 Å². The maximum atomic E-state index is 15.1. The summed E-state index contributed by atoms with van der Waals surface area (Å²) in [5.41, 5.74) is -1.79. The Hall–Kier alpha value is -2.82. The zero-order valence-corrected chi connectivity index (χ0v) is 19.7. The highest BCUT2D eigenvalue weighted by molar-refractivity contribution is 6.42. The van der Waals surface area contributed by atoms with Crippen LogP contribution in [0.2, 0.25) is 10.0 Å². The largest absolute Gasteiger partial charge is 0.433 e. The molecule has 186 valence electrons. The number of likely N-dealkylation sites (tertiary alicyclic amines) is 1. The predicted octanol–water partition coefficient (Wildman–Crippen LogP) is 5.22. The number of aromatic nitrogens is 2. The lowest BCUT2D eigenvalue weighted by molar-refractivity contribution is -0.143. The van der Waals surface area contributed by atoms with E-state index < -0.39 is 29.8 Å². The molecule has 0 aliphatic carbocycles. The van der Waals surface area contributed by atoms with Crippen LogP contribution in [-0.4, -0.2) is 45.4 Å². The molecule has 1 saturated heterocycles. The number of alkyl halides is 3. The van der Waals surface area contributed by atoms with Crippen LogP contribution in [0.1, 0.15) is 17.7 Å². The van der Waals surface area contributed by atoms with Crippen LogP contribution in [0.3, 0.4) is 0 Å². The normalized spacial score (nSPS) is 18.3. The first-order chi connectivity index (χ1) is 16.5. The number of halogens is 6. The maximum absolute atomic E-state index is 15.1. The van der Waals surface area contributed by atoms with Crippen LogP contribution >= 0.6 is 23.2 Å². The Balaban J connectivity index is 1.82. The molecule has 12 heteroatoms. The summed E-state index contributed by atoms with van der Waals surface area (Å²) in [6.45, 7) is 2.90. The highest BCUT2D eigenvalue weighted by Gasteiger charge is 2.45. The Morgan fingerprint density at radius 3 is 2.69 bits per heavy atom. The fourth-order valence-corrected chi connectivity index (χ4v) is 5.00. The van der Waals surface area contributed by atoms with Gasteiger partial charge >= 0.3 is 6.18 Å². The fraction of sp³-hybridized carbons (Fsp3) is 0.304. The first-order valence-corrected chi connectivity index (χ1v) is 11.3. The smallest absolute Gasteiger partial charge is 0.394 e. The number of hydrogen-bond acceptors (Lipinski definition) is 4. The number of anilines is 1. The van der Waals surface area contributed by atoms with E-state index in [-0.39, 0.29) is 58.5 Å². The summed E-state index contributed by atoms with van der Waals surface area (Å²) in [6.07, 6.45) is -3.30. The molecule has 1 unspecified atom stereocenters. The second-order valence-corrected chi connectivity index (χ2v) is 8.95. The Kier molecular flexibility index (Phi) is 6.74. The number of amides is 1. The summed E-state index contributed by atoms with van der Waals surface area (Å²) >= 11 is 12.6. The first-order valence-electron chi connectivity index (χ1n) is 10.5. The third-order valence-electron chi connectivity index (χ3n) is 5.98. The molecule has 1 fully saturated rings. The van der Waals surface area contributed by atoms with Crippen molar-refractivity contribution in [1.29, 1.82) is 0 Å². The number of benzene rings is 2. The van der Waals surface area contributed by atoms with Gasteiger partial charge in [-0.1, -0.05) is 29.8 Å². The van der Waals surface area contributed by atoms with Gasteiger partial charge in [-0.25, -0.2) is 4.39 Å². The summed E-state index contributed by atoms with van der Waals surface area (Å²) in [5, 5.41) is 16.3. The van der Waals surface area contributed by atoms with E-state index in [9.17, 15) is 18.0 Å². The molecule has 1 aromatic heterocycles. The zero-order valence-electron chi connectivity index (χ0n) is 18.2. The Bertz CT molecular complexity index is 1310. The number of aliphatic hydroxyl groups excluding tert-OH is 1. The van der Waals surface area contributed by atoms with Crippen molar-refractivity contribution in [1.82, 2.24) is 14.7 Å². The zero-order chi connectivity index (χ0) is 25.5. The second kappa shape index (κ2) is 9.33. The molecule has 1 aliphatic rings. The van der Waals surface area contributed by atoms with Crippen LogP contribution in [0.4, 0.5) is 23.2 Å². The number of rotatable bonds is 6. The molecule has 0 saturated carbocycles. The van der Waals surface area contributed by atoms with E-state index in [0.29, 0.717) is 10.4 Å². The standard InChI is InChI=1S/C23H20Cl2F4N4O2/c1-2-18(35)32-8-7-22(12-32,19-16(26)6-5-15(24)20(19)25)30-13-3-4-14-17(11-13)31-33(9-10-34)21(14)23(27,28)29/h2-6,11,30,34H,1,7-10,12H2. The Labute approximate surface area is 207 Å². The van der Waals surface area contributed by atoms with Gasteiger partial charge in [0.25, 0.3) is 0 Å². The SMILES string of the molecule is C=CC(=O)N1CCC(Nc2ccc3c(C(F)(F)F)n(CCO)nc3c2)(c2c(F)ccc(Cl)c2Cl)C1. The monoisotopic (exact) mass is 530 g/mol. The minimum Gasteiger partial charge on any atom is -0.394 e. The summed E-state index contributed by atoms with van der Waals surface area (Å²) in [5.74, 6) is -1.01. The van der Waals surface area contributed by atoms with Gasteiger partial charge in [0, 0.05) is 29.7 Å². The first kappa shape index (κ1) is 25.3. The van der Waals surface area contributed by atoms with Crippen LogP contribution in [0.25, 0.3) is 10.9 Å². The average Bonchev–Trinajstić information content (AvgIpc) is 3.38. The van der Waals surface area contributed by atoms with E-state index in [1.54, 1.807) is 0 Å². The molecule has 2 aromatic carbocycles. The molecule has 2 heterocycles. The molecule has 2 N–H and O–H groups in total. The highest BCUT2D eigenvalue weighted by atomic mass is 35.5. The van der Waals surface area contributed by atoms with E-state index in [4.69, 9.17) is 28.3 Å². The lowest BCUT2D eigenvalue weighted by atomic mass is 9.87. The van der Waals surface area contributed by atoms with E-state index in [1.807, 2.05) is 0 Å². The van der Waals surface area contributed by atoms with Gasteiger partial charge in [-0.3, -0.25) is 9.48 Å². The van der Waals surface area contributed by atoms with Crippen molar-refractivity contribution in [2.24, 2.45) is 0 Å². The third kappa shape index (κ3) is 4.57. The molecule has 0 bridgehead atoms. The summed E-state index contributed by atoms with van der Waals surface area (Å²) < 4.78 is 56.8. The Morgan fingerprint density at radius 2 is 2.03 bits per heavy atom. The highest BCUT2D eigenvalue weighted by Crippen LogP contribution is 2.44. The molecule has 1 aliphatic heterocycles. The number of fused-ring (bicyclic) bond motifs is 1. The lowest BCUT2D eigenvalue weighted by Gasteiger charge is -2.33. The minimum absolute atomic E-state index is 0.0135. The molecule has 3 aromatic rings. The van der Waals surface area contributed by atoms with Crippen molar-refractivity contribution in [3.8, 4) is 0 Å². The lowest BCUT2D eigenvalue weighted by Crippen LogP contribution is -2.41. The van der Waals surface area contributed by atoms with Gasteiger partial charge in [0.1, 0.15) is 11.5 Å². The number of nitrogens with one attached hydrogen (secondary N) is 1. The van der Waals surface area contributed by atoms with Crippen LogP contribution in [0.15, 0.2) is 43.0 Å². The summed E-state index contributed by atoms with van der Waals surface area (Å²) in [7, 11) is 0. The van der Waals surface area contributed by atoms with E-state index in [2.05, 4.69) is 17.0 Å². The quantitative estimate of drug-likeness (QED) is 0.260. The van der Waals surface area contributed by atoms with E-state index in [1.165, 1.54) is 35.2 Å². The number of carbonyl (C=O) groups excluding carboxylic acids is 1. The van der Waals surface area contributed by atoms with Gasteiger partial charge in [0.05, 0.1) is 34.3 Å². The molecule has 1 atom stereocenters. The van der Waals surface area contributed by atoms with E-state index >= 15 is 4.39 Å². The van der Waals surface area contributed by atoms with Gasteiger partial charge in [-0.15, -0.1) is 0 Å².